The van der Waals surface area contributed by atoms with Crippen molar-refractivity contribution in [3.05, 3.63) is 143 Å². The van der Waals surface area contributed by atoms with Gasteiger partial charge in [0.25, 0.3) is 0 Å². The molecule has 4 rings (SSSR count). The number of ether oxygens (including phenoxy) is 4. The van der Waals surface area contributed by atoms with E-state index < -0.39 is 41.9 Å². The summed E-state index contributed by atoms with van der Waals surface area (Å²) in [6.45, 7) is -0.432. The molecule has 6 nitrogen and oxygen atoms in total. The van der Waals surface area contributed by atoms with Crippen molar-refractivity contribution in [1.29, 1.82) is 0 Å². The Morgan fingerprint density at radius 3 is 1.37 bits per heavy atom. The Kier molecular flexibility index (Phi) is 12.7. The lowest BCUT2D eigenvalue weighted by Gasteiger charge is -2.32. The summed E-state index contributed by atoms with van der Waals surface area (Å²) in [4.78, 5) is 0. The van der Waals surface area contributed by atoms with Gasteiger partial charge in [-0.05, 0) is 35.4 Å². The molecule has 0 bridgehead atoms. The van der Waals surface area contributed by atoms with E-state index in [1.54, 1.807) is 36.4 Å². The minimum absolute atomic E-state index is 0.0168. The van der Waals surface area contributed by atoms with Crippen LogP contribution in [-0.2, 0) is 45.4 Å². The fourth-order valence-electron chi connectivity index (χ4n) is 4.29. The lowest BCUT2D eigenvalue weighted by Crippen LogP contribution is -2.49. The molecule has 43 heavy (non-hydrogen) atoms. The van der Waals surface area contributed by atoms with Gasteiger partial charge in [-0.25, -0.2) is 13.2 Å². The predicted octanol–water partition coefficient (Wildman–Crippen LogP) is 5.73. The Morgan fingerprint density at radius 1 is 0.488 bits per heavy atom. The third kappa shape index (κ3) is 10.3. The van der Waals surface area contributed by atoms with Crippen LogP contribution in [0.5, 0.6) is 0 Å². The summed E-state index contributed by atoms with van der Waals surface area (Å²) < 4.78 is 64.9. The van der Waals surface area contributed by atoms with Crippen LogP contribution < -0.4 is 0 Å². The topological polar surface area (TPSA) is 77.4 Å². The first-order valence-electron chi connectivity index (χ1n) is 13.9. The molecule has 0 heterocycles. The van der Waals surface area contributed by atoms with Gasteiger partial charge in [0.15, 0.2) is 0 Å². The van der Waals surface area contributed by atoms with Crippen molar-refractivity contribution in [3.8, 4) is 0 Å². The van der Waals surface area contributed by atoms with Crippen molar-refractivity contribution < 1.29 is 42.3 Å². The Morgan fingerprint density at radius 2 is 0.907 bits per heavy atom. The average molecular weight is 597 g/mol. The van der Waals surface area contributed by atoms with E-state index in [4.69, 9.17) is 18.9 Å². The van der Waals surface area contributed by atoms with Gasteiger partial charge in [0.05, 0.1) is 39.6 Å². The van der Waals surface area contributed by atoms with E-state index in [-0.39, 0.29) is 39.6 Å². The van der Waals surface area contributed by atoms with E-state index in [9.17, 15) is 23.4 Å². The lowest BCUT2D eigenvalue weighted by molar-refractivity contribution is -0.170. The molecule has 0 amide bonds. The van der Waals surface area contributed by atoms with Crippen LogP contribution in [0.25, 0.3) is 0 Å². The van der Waals surface area contributed by atoms with E-state index in [0.717, 1.165) is 5.56 Å². The van der Waals surface area contributed by atoms with Gasteiger partial charge in [-0.1, -0.05) is 78.9 Å². The summed E-state index contributed by atoms with van der Waals surface area (Å²) in [5, 5.41) is 22.6. The van der Waals surface area contributed by atoms with Gasteiger partial charge in [0.2, 0.25) is 0 Å². The molecule has 0 saturated heterocycles. The van der Waals surface area contributed by atoms with E-state index in [1.807, 2.05) is 30.3 Å². The van der Waals surface area contributed by atoms with Gasteiger partial charge in [-0.15, -0.1) is 0 Å². The molecular weight excluding hydrogens is 561 g/mol. The monoisotopic (exact) mass is 596 g/mol. The molecule has 0 fully saturated rings. The molecule has 4 aromatic rings. The minimum Gasteiger partial charge on any atom is -0.388 e. The third-order valence-corrected chi connectivity index (χ3v) is 6.79. The first-order valence-corrected chi connectivity index (χ1v) is 13.9. The molecule has 4 aromatic carbocycles. The Balaban J connectivity index is 1.45. The second-order valence-electron chi connectivity index (χ2n) is 10.0. The standard InChI is InChI=1S/C34H35F3O6/c35-28-16-14-25(15-17-28)19-43-32(23-41-21-27-11-5-7-13-30(27)37)34(39)33(38)31(42-18-24-8-2-1-3-9-24)22-40-20-26-10-4-6-12-29(26)36/h1-17,31-34,38-39H,18-23H2/t31-,32-,33-,34-/m1/s1. The molecule has 0 spiro atoms. The van der Waals surface area contributed by atoms with Crippen LogP contribution in [-0.4, -0.2) is 47.8 Å². The highest BCUT2D eigenvalue weighted by molar-refractivity contribution is 5.18. The van der Waals surface area contributed by atoms with E-state index in [2.05, 4.69) is 0 Å². The summed E-state index contributed by atoms with van der Waals surface area (Å²) >= 11 is 0. The molecule has 4 atom stereocenters. The van der Waals surface area contributed by atoms with Crippen LogP contribution in [0.4, 0.5) is 13.2 Å². The Bertz CT molecular complexity index is 1370. The summed E-state index contributed by atoms with van der Waals surface area (Å²) in [5.74, 6) is -1.27. The van der Waals surface area contributed by atoms with Crippen molar-refractivity contribution >= 4 is 0 Å². The van der Waals surface area contributed by atoms with Crippen LogP contribution in [0.3, 0.4) is 0 Å². The van der Waals surface area contributed by atoms with Crippen LogP contribution >= 0.6 is 0 Å². The van der Waals surface area contributed by atoms with Gasteiger partial charge in [0, 0.05) is 11.1 Å². The summed E-state index contributed by atoms with van der Waals surface area (Å²) in [6.07, 6.45) is -5.16. The smallest absolute Gasteiger partial charge is 0.128 e. The molecule has 0 unspecified atom stereocenters. The first kappa shape index (κ1) is 32.3. The van der Waals surface area contributed by atoms with Crippen molar-refractivity contribution in [1.82, 2.24) is 0 Å². The van der Waals surface area contributed by atoms with Gasteiger partial charge in [0.1, 0.15) is 41.9 Å². The maximum atomic E-state index is 14.1. The van der Waals surface area contributed by atoms with Crippen molar-refractivity contribution in [3.63, 3.8) is 0 Å². The van der Waals surface area contributed by atoms with Crippen LogP contribution in [0.15, 0.2) is 103 Å². The second kappa shape index (κ2) is 16.9. The zero-order valence-electron chi connectivity index (χ0n) is 23.5. The van der Waals surface area contributed by atoms with E-state index in [1.165, 1.54) is 36.4 Å². The van der Waals surface area contributed by atoms with Crippen LogP contribution in [0, 0.1) is 17.5 Å². The Labute approximate surface area is 249 Å². The molecule has 9 heteroatoms. The van der Waals surface area contributed by atoms with Gasteiger partial charge in [-0.3, -0.25) is 0 Å². The molecule has 0 aliphatic heterocycles. The summed E-state index contributed by atoms with van der Waals surface area (Å²) in [5.41, 5.74) is 2.12. The fourth-order valence-corrected chi connectivity index (χ4v) is 4.29. The lowest BCUT2D eigenvalue weighted by atomic mass is 10.0. The molecule has 0 aliphatic carbocycles. The molecule has 0 aromatic heterocycles. The number of hydrogen-bond donors (Lipinski definition) is 2. The molecule has 0 saturated carbocycles. The third-order valence-electron chi connectivity index (χ3n) is 6.79. The fraction of sp³-hybridized carbons (Fsp3) is 0.294. The summed E-state index contributed by atoms with van der Waals surface area (Å²) in [6, 6.07) is 27.2. The van der Waals surface area contributed by atoms with Gasteiger partial charge < -0.3 is 29.2 Å². The highest BCUT2D eigenvalue weighted by Gasteiger charge is 2.34. The van der Waals surface area contributed by atoms with E-state index in [0.29, 0.717) is 16.7 Å². The number of aliphatic hydroxyl groups is 2. The van der Waals surface area contributed by atoms with Gasteiger partial charge >= 0.3 is 0 Å². The number of halogens is 3. The molecule has 2 N–H and O–H groups in total. The number of hydrogen-bond acceptors (Lipinski definition) is 6. The Hall–Kier alpha value is -3.57. The van der Waals surface area contributed by atoms with Crippen molar-refractivity contribution in [2.45, 2.75) is 50.8 Å². The predicted molar refractivity (Wildman–Crippen MR) is 154 cm³/mol. The molecular formula is C34H35F3O6. The van der Waals surface area contributed by atoms with E-state index >= 15 is 0 Å². The average Bonchev–Trinajstić information content (AvgIpc) is 3.03. The normalized spacial score (nSPS) is 14.3. The molecule has 0 aliphatic rings. The number of rotatable bonds is 17. The zero-order chi connectivity index (χ0) is 30.4. The van der Waals surface area contributed by atoms with Gasteiger partial charge in [-0.2, -0.15) is 0 Å². The van der Waals surface area contributed by atoms with Crippen LogP contribution in [0.1, 0.15) is 22.3 Å². The van der Waals surface area contributed by atoms with Crippen molar-refractivity contribution in [2.24, 2.45) is 0 Å². The maximum absolute atomic E-state index is 14.1. The highest BCUT2D eigenvalue weighted by atomic mass is 19.1. The summed E-state index contributed by atoms with van der Waals surface area (Å²) in [7, 11) is 0. The largest absolute Gasteiger partial charge is 0.388 e. The van der Waals surface area contributed by atoms with Crippen LogP contribution in [0.2, 0.25) is 0 Å². The molecule has 228 valence electrons. The first-order chi connectivity index (χ1) is 20.9. The number of aliphatic hydroxyl groups excluding tert-OH is 2. The molecule has 0 radical (unpaired) electrons. The SMILES string of the molecule is O[C@@H]([C@H](O)[C@@H](COCc1ccccc1F)OCc1ccc(F)cc1)[C@@H](COCc1ccccc1F)OCc1ccccc1. The number of benzene rings is 4. The highest BCUT2D eigenvalue weighted by Crippen LogP contribution is 2.18. The zero-order valence-corrected chi connectivity index (χ0v) is 23.5. The maximum Gasteiger partial charge on any atom is 0.128 e. The second-order valence-corrected chi connectivity index (χ2v) is 10.0. The quantitative estimate of drug-likeness (QED) is 0.162. The minimum atomic E-state index is -1.53. The van der Waals surface area contributed by atoms with Crippen molar-refractivity contribution in [2.75, 3.05) is 13.2 Å².